The van der Waals surface area contributed by atoms with Gasteiger partial charge in [0.25, 0.3) is 11.8 Å². The molecule has 0 saturated carbocycles. The summed E-state index contributed by atoms with van der Waals surface area (Å²) in [6.45, 7) is 2.97. The summed E-state index contributed by atoms with van der Waals surface area (Å²) in [5, 5.41) is 1.66. The number of hydrogen-bond donors (Lipinski definition) is 1. The van der Waals surface area contributed by atoms with Crippen molar-refractivity contribution in [1.82, 2.24) is 14.8 Å². The van der Waals surface area contributed by atoms with Crippen molar-refractivity contribution in [3.63, 3.8) is 0 Å². The Labute approximate surface area is 188 Å². The molecule has 3 aromatic rings. The number of H-pyrrole nitrogens is 1. The smallest absolute Gasteiger partial charge is 0.270 e. The topological polar surface area (TPSA) is 56.4 Å². The number of aromatic amines is 1. The maximum atomic E-state index is 12.9. The normalized spacial score (nSPS) is 17.9. The summed E-state index contributed by atoms with van der Waals surface area (Å²) in [5.41, 5.74) is 2.40. The first-order chi connectivity index (χ1) is 14.4. The third-order valence-corrected chi connectivity index (χ3v) is 7.10. The Kier molecular flexibility index (Phi) is 4.86. The molecule has 1 N–H and O–H groups in total. The molecule has 2 aromatic carbocycles. The molecule has 7 heteroatoms. The first-order valence-corrected chi connectivity index (χ1v) is 11.2. The van der Waals surface area contributed by atoms with Crippen molar-refractivity contribution < 1.29 is 9.59 Å². The number of likely N-dealkylation sites (tertiary alicyclic amines) is 2. The summed E-state index contributed by atoms with van der Waals surface area (Å²) >= 11 is 9.38. The molecule has 30 heavy (non-hydrogen) atoms. The van der Waals surface area contributed by atoms with Gasteiger partial charge in [-0.05, 0) is 55.3 Å². The lowest BCUT2D eigenvalue weighted by Crippen LogP contribution is -2.62. The quantitative estimate of drug-likeness (QED) is 0.556. The van der Waals surface area contributed by atoms with Gasteiger partial charge in [-0.15, -0.1) is 0 Å². The highest BCUT2D eigenvalue weighted by atomic mass is 79.9. The number of rotatable bonds is 2. The van der Waals surface area contributed by atoms with Crippen molar-refractivity contribution in [3.8, 4) is 0 Å². The van der Waals surface area contributed by atoms with Crippen LogP contribution in [0.1, 0.15) is 33.7 Å². The fourth-order valence-electron chi connectivity index (χ4n) is 4.57. The number of hydrogen-bond acceptors (Lipinski definition) is 2. The number of nitrogens with one attached hydrogen (secondary N) is 1. The van der Waals surface area contributed by atoms with Crippen LogP contribution in [0.4, 0.5) is 0 Å². The number of piperidine rings is 1. The summed E-state index contributed by atoms with van der Waals surface area (Å²) in [7, 11) is 0. The molecule has 2 aliphatic heterocycles. The van der Waals surface area contributed by atoms with Gasteiger partial charge >= 0.3 is 0 Å². The van der Waals surface area contributed by atoms with Crippen molar-refractivity contribution in [1.29, 1.82) is 0 Å². The highest BCUT2D eigenvalue weighted by molar-refractivity contribution is 9.10. The van der Waals surface area contributed by atoms with E-state index in [9.17, 15) is 9.59 Å². The number of carbonyl (C=O) groups is 2. The van der Waals surface area contributed by atoms with E-state index in [4.69, 9.17) is 11.6 Å². The molecule has 0 aliphatic carbocycles. The zero-order valence-electron chi connectivity index (χ0n) is 16.3. The van der Waals surface area contributed by atoms with Crippen LogP contribution in [-0.4, -0.2) is 52.8 Å². The molecule has 3 heterocycles. The van der Waals surface area contributed by atoms with Crippen molar-refractivity contribution in [2.24, 2.45) is 5.41 Å². The first kappa shape index (κ1) is 19.6. The summed E-state index contributed by atoms with van der Waals surface area (Å²) in [5.74, 6) is 0.102. The van der Waals surface area contributed by atoms with Gasteiger partial charge in [-0.3, -0.25) is 9.59 Å². The fraction of sp³-hybridized carbons (Fsp3) is 0.304. The number of nitrogens with zero attached hydrogens (tertiary/aromatic N) is 2. The Morgan fingerprint density at radius 1 is 0.933 bits per heavy atom. The molecule has 1 aromatic heterocycles. The van der Waals surface area contributed by atoms with Crippen LogP contribution in [0.25, 0.3) is 10.9 Å². The highest BCUT2D eigenvalue weighted by Gasteiger charge is 2.47. The molecule has 2 aliphatic rings. The van der Waals surface area contributed by atoms with E-state index >= 15 is 0 Å². The van der Waals surface area contributed by atoms with Crippen molar-refractivity contribution >= 4 is 50.2 Å². The summed E-state index contributed by atoms with van der Waals surface area (Å²) < 4.78 is 0.985. The molecular formula is C23H21BrClN3O2. The molecule has 2 fully saturated rings. The van der Waals surface area contributed by atoms with E-state index in [0.29, 0.717) is 16.3 Å². The Morgan fingerprint density at radius 2 is 1.63 bits per heavy atom. The summed E-state index contributed by atoms with van der Waals surface area (Å²) in [6, 6.07) is 14.9. The number of amides is 2. The van der Waals surface area contributed by atoms with Gasteiger partial charge in [-0.1, -0.05) is 33.6 Å². The van der Waals surface area contributed by atoms with Crippen LogP contribution in [0.5, 0.6) is 0 Å². The highest BCUT2D eigenvalue weighted by Crippen LogP contribution is 2.41. The molecule has 0 bridgehead atoms. The zero-order valence-corrected chi connectivity index (χ0v) is 18.7. The third-order valence-electron chi connectivity index (χ3n) is 6.36. The Bertz CT molecular complexity index is 1130. The van der Waals surface area contributed by atoms with Gasteiger partial charge in [0.2, 0.25) is 0 Å². The van der Waals surface area contributed by atoms with E-state index in [-0.39, 0.29) is 17.2 Å². The largest absolute Gasteiger partial charge is 0.350 e. The van der Waals surface area contributed by atoms with Crippen LogP contribution in [-0.2, 0) is 0 Å². The van der Waals surface area contributed by atoms with Crippen molar-refractivity contribution in [3.05, 3.63) is 69.3 Å². The third kappa shape index (κ3) is 3.52. The van der Waals surface area contributed by atoms with Crippen LogP contribution >= 0.6 is 27.5 Å². The lowest BCUT2D eigenvalue weighted by molar-refractivity contribution is -0.0290. The maximum Gasteiger partial charge on any atom is 0.270 e. The van der Waals surface area contributed by atoms with E-state index in [2.05, 4.69) is 20.9 Å². The predicted molar refractivity (Wildman–Crippen MR) is 121 cm³/mol. The second-order valence-electron chi connectivity index (χ2n) is 8.37. The van der Waals surface area contributed by atoms with Crippen LogP contribution in [0.2, 0.25) is 5.02 Å². The first-order valence-electron chi connectivity index (χ1n) is 10.0. The van der Waals surface area contributed by atoms with Crippen LogP contribution in [0.3, 0.4) is 0 Å². The summed E-state index contributed by atoms with van der Waals surface area (Å²) in [6.07, 6.45) is 1.85. The number of fused-ring (bicyclic) bond motifs is 1. The Hall–Kier alpha value is -2.31. The van der Waals surface area contributed by atoms with Crippen molar-refractivity contribution in [2.45, 2.75) is 12.8 Å². The minimum Gasteiger partial charge on any atom is -0.350 e. The Morgan fingerprint density at radius 3 is 2.33 bits per heavy atom. The average Bonchev–Trinajstić information content (AvgIpc) is 3.15. The van der Waals surface area contributed by atoms with E-state index in [1.807, 2.05) is 34.1 Å². The van der Waals surface area contributed by atoms with Crippen molar-refractivity contribution in [2.75, 3.05) is 26.2 Å². The molecular weight excluding hydrogens is 466 g/mol. The standard InChI is InChI=1S/C23H21BrClN3O2/c24-17-4-1-16-11-20(26-19(16)12-17)22(30)28-13-23(14-28)7-9-27(10-8-23)21(29)15-2-5-18(25)6-3-15/h1-6,11-12,26H,7-10,13-14H2. The molecule has 0 unspecified atom stereocenters. The zero-order chi connectivity index (χ0) is 20.9. The molecule has 2 amide bonds. The molecule has 0 atom stereocenters. The van der Waals surface area contributed by atoms with E-state index < -0.39 is 0 Å². The van der Waals surface area contributed by atoms with Crippen LogP contribution in [0.15, 0.2) is 53.0 Å². The van der Waals surface area contributed by atoms with Gasteiger partial charge in [0, 0.05) is 57.6 Å². The summed E-state index contributed by atoms with van der Waals surface area (Å²) in [4.78, 5) is 32.7. The second kappa shape index (κ2) is 7.43. The van der Waals surface area contributed by atoms with Crippen LogP contribution < -0.4 is 0 Å². The SMILES string of the molecule is O=C(c1ccc(Cl)cc1)N1CCC2(CC1)CN(C(=O)c1cc3ccc(Br)cc3[nH]1)C2. The lowest BCUT2D eigenvalue weighted by Gasteiger charge is -2.53. The van der Waals surface area contributed by atoms with Gasteiger partial charge in [0.05, 0.1) is 0 Å². The van der Waals surface area contributed by atoms with Gasteiger partial charge in [0.1, 0.15) is 5.69 Å². The van der Waals surface area contributed by atoms with E-state index in [0.717, 1.165) is 54.4 Å². The lowest BCUT2D eigenvalue weighted by atomic mass is 9.72. The molecule has 154 valence electrons. The molecule has 1 spiro atoms. The number of benzene rings is 2. The van der Waals surface area contributed by atoms with Gasteiger partial charge in [-0.2, -0.15) is 0 Å². The number of aromatic nitrogens is 1. The molecule has 5 rings (SSSR count). The Balaban J connectivity index is 1.20. The molecule has 5 nitrogen and oxygen atoms in total. The number of halogens is 2. The van der Waals surface area contributed by atoms with Crippen LogP contribution in [0, 0.1) is 5.41 Å². The minimum absolute atomic E-state index is 0.0487. The molecule has 2 saturated heterocycles. The number of carbonyl (C=O) groups excluding carboxylic acids is 2. The van der Waals surface area contributed by atoms with E-state index in [1.165, 1.54) is 0 Å². The average molecular weight is 487 g/mol. The van der Waals surface area contributed by atoms with Gasteiger partial charge in [0.15, 0.2) is 0 Å². The monoisotopic (exact) mass is 485 g/mol. The maximum absolute atomic E-state index is 12.9. The van der Waals surface area contributed by atoms with Gasteiger partial charge in [-0.25, -0.2) is 0 Å². The predicted octanol–water partition coefficient (Wildman–Crippen LogP) is 4.96. The minimum atomic E-state index is 0.0487. The fourth-order valence-corrected chi connectivity index (χ4v) is 5.05. The molecule has 0 radical (unpaired) electrons. The van der Waals surface area contributed by atoms with Gasteiger partial charge < -0.3 is 14.8 Å². The second-order valence-corrected chi connectivity index (χ2v) is 9.73. The van der Waals surface area contributed by atoms with E-state index in [1.54, 1.807) is 24.3 Å².